The van der Waals surface area contributed by atoms with E-state index in [2.05, 4.69) is 11.8 Å². The third-order valence-electron chi connectivity index (χ3n) is 2.48. The molecule has 0 bridgehead atoms. The molecule has 5 heteroatoms. The number of methoxy groups -OCH3 is 2. The molecule has 88 valence electrons. The Bertz CT molecular complexity index is 161. The second-order valence-electron chi connectivity index (χ2n) is 3.78. The highest BCUT2D eigenvalue weighted by Gasteiger charge is 2.18. The van der Waals surface area contributed by atoms with Crippen LogP contribution in [0.15, 0.2) is 0 Å². The van der Waals surface area contributed by atoms with Gasteiger partial charge in [0.25, 0.3) is 0 Å². The van der Waals surface area contributed by atoms with Gasteiger partial charge in [0.1, 0.15) is 15.4 Å². The van der Waals surface area contributed by atoms with Crippen molar-refractivity contribution in [2.75, 3.05) is 47.1 Å². The third kappa shape index (κ3) is 5.08. The van der Waals surface area contributed by atoms with Gasteiger partial charge in [-0.3, -0.25) is 4.90 Å². The summed E-state index contributed by atoms with van der Waals surface area (Å²) in [4.78, 5) is 2.45. The largest absolute Gasteiger partial charge is 0.379 e. The molecule has 1 rings (SSSR count). The molecule has 0 N–H and O–H groups in total. The molecule has 1 atom stereocenters. The van der Waals surface area contributed by atoms with Crippen molar-refractivity contribution in [2.45, 2.75) is 18.4 Å². The van der Waals surface area contributed by atoms with Gasteiger partial charge in [-0.05, 0) is 12.1 Å². The zero-order valence-corrected chi connectivity index (χ0v) is 10.9. The van der Waals surface area contributed by atoms with Gasteiger partial charge in [0.2, 0.25) is 0 Å². The van der Waals surface area contributed by atoms with E-state index in [1.165, 1.54) is 0 Å². The van der Waals surface area contributed by atoms with Crippen LogP contribution in [-0.2, 0) is 14.2 Å². The third-order valence-corrected chi connectivity index (χ3v) is 3.98. The monoisotopic (exact) mass is 231 g/mol. The molecule has 0 aromatic rings. The molecule has 1 aliphatic rings. The van der Waals surface area contributed by atoms with Gasteiger partial charge >= 0.3 is 0 Å². The summed E-state index contributed by atoms with van der Waals surface area (Å²) >= 11 is 0. The van der Waals surface area contributed by atoms with E-state index in [1.807, 2.05) is 0 Å². The molecule has 1 fully saturated rings. The standard InChI is InChI=1S/C10H21NO3Si/c1-9(15-10(12-2)13-3)8-11-4-6-14-7-5-11/h9-10H,4-8H2,1-3H3. The van der Waals surface area contributed by atoms with Crippen LogP contribution in [-0.4, -0.2) is 67.4 Å². The highest BCUT2D eigenvalue weighted by molar-refractivity contribution is 6.38. The maximum Gasteiger partial charge on any atom is 0.136 e. The number of hydrogen-bond donors (Lipinski definition) is 0. The molecular weight excluding hydrogens is 210 g/mol. The molecule has 1 unspecified atom stereocenters. The predicted octanol–water partition coefficient (Wildman–Crippen LogP) is 0.408. The van der Waals surface area contributed by atoms with Crippen LogP contribution in [0, 0.1) is 0 Å². The predicted molar refractivity (Wildman–Crippen MR) is 60.2 cm³/mol. The molecule has 0 aromatic carbocycles. The van der Waals surface area contributed by atoms with Gasteiger partial charge in [-0.1, -0.05) is 6.92 Å². The lowest BCUT2D eigenvalue weighted by Gasteiger charge is -2.29. The Hall–Kier alpha value is 0.0569. The molecule has 0 spiro atoms. The first-order chi connectivity index (χ1) is 7.26. The minimum Gasteiger partial charge on any atom is -0.379 e. The average molecular weight is 231 g/mol. The van der Waals surface area contributed by atoms with E-state index in [-0.39, 0.29) is 5.91 Å². The minimum atomic E-state index is -0.0407. The molecule has 0 amide bonds. The summed E-state index contributed by atoms with van der Waals surface area (Å²) in [5, 5.41) is 0. The van der Waals surface area contributed by atoms with Gasteiger partial charge in [-0.25, -0.2) is 0 Å². The van der Waals surface area contributed by atoms with E-state index in [0.29, 0.717) is 15.1 Å². The fourth-order valence-electron chi connectivity index (χ4n) is 1.69. The Morgan fingerprint density at radius 3 is 2.40 bits per heavy atom. The first-order valence-corrected chi connectivity index (χ1v) is 6.53. The zero-order valence-electron chi connectivity index (χ0n) is 9.86. The number of nitrogens with zero attached hydrogens (tertiary/aromatic N) is 1. The minimum absolute atomic E-state index is 0.0407. The van der Waals surface area contributed by atoms with Crippen molar-refractivity contribution in [3.05, 3.63) is 0 Å². The summed E-state index contributed by atoms with van der Waals surface area (Å²) in [6.07, 6.45) is 0. The molecule has 15 heavy (non-hydrogen) atoms. The van der Waals surface area contributed by atoms with E-state index in [1.54, 1.807) is 14.2 Å². The topological polar surface area (TPSA) is 30.9 Å². The van der Waals surface area contributed by atoms with Crippen molar-refractivity contribution in [1.29, 1.82) is 0 Å². The van der Waals surface area contributed by atoms with E-state index in [4.69, 9.17) is 14.2 Å². The number of hydrogen-bond acceptors (Lipinski definition) is 4. The summed E-state index contributed by atoms with van der Waals surface area (Å²) in [6.45, 7) is 7.21. The van der Waals surface area contributed by atoms with E-state index < -0.39 is 0 Å². The highest BCUT2D eigenvalue weighted by atomic mass is 28.2. The van der Waals surface area contributed by atoms with Crippen molar-refractivity contribution < 1.29 is 14.2 Å². The van der Waals surface area contributed by atoms with Gasteiger partial charge in [0.15, 0.2) is 0 Å². The maximum atomic E-state index is 5.32. The summed E-state index contributed by atoms with van der Waals surface area (Å²) in [6, 6.07) is 0. The Labute approximate surface area is 94.7 Å². The highest BCUT2D eigenvalue weighted by Crippen LogP contribution is 2.09. The lowest BCUT2D eigenvalue weighted by molar-refractivity contribution is -0.0451. The molecule has 1 saturated heterocycles. The van der Waals surface area contributed by atoms with Crippen LogP contribution in [0.25, 0.3) is 0 Å². The zero-order chi connectivity index (χ0) is 11.1. The molecule has 0 saturated carbocycles. The second-order valence-corrected chi connectivity index (χ2v) is 5.57. The quantitative estimate of drug-likeness (QED) is 0.489. The van der Waals surface area contributed by atoms with Crippen molar-refractivity contribution in [1.82, 2.24) is 4.90 Å². The lowest BCUT2D eigenvalue weighted by Crippen LogP contribution is -2.40. The summed E-state index contributed by atoms with van der Waals surface area (Å²) in [5.74, 6) is -0.0407. The van der Waals surface area contributed by atoms with Crippen LogP contribution in [0.1, 0.15) is 6.92 Å². The maximum absolute atomic E-state index is 5.32. The second kappa shape index (κ2) is 7.35. The van der Waals surface area contributed by atoms with E-state index in [0.717, 1.165) is 32.8 Å². The van der Waals surface area contributed by atoms with Crippen LogP contribution in [0.2, 0.25) is 5.54 Å². The van der Waals surface area contributed by atoms with Crippen LogP contribution < -0.4 is 0 Å². The van der Waals surface area contributed by atoms with Gasteiger partial charge in [0.05, 0.1) is 13.2 Å². The average Bonchev–Trinajstić information content (AvgIpc) is 2.27. The molecule has 1 aliphatic heterocycles. The van der Waals surface area contributed by atoms with Crippen LogP contribution in [0.3, 0.4) is 0 Å². The number of morpholine rings is 1. The Morgan fingerprint density at radius 1 is 1.27 bits per heavy atom. The fraction of sp³-hybridized carbons (Fsp3) is 1.00. The van der Waals surface area contributed by atoms with Crippen LogP contribution in [0.4, 0.5) is 0 Å². The fourth-order valence-corrected chi connectivity index (χ4v) is 2.79. The van der Waals surface area contributed by atoms with Gasteiger partial charge in [0, 0.05) is 27.3 Å². The van der Waals surface area contributed by atoms with Crippen molar-refractivity contribution >= 4 is 9.52 Å². The number of ether oxygens (including phenoxy) is 3. The van der Waals surface area contributed by atoms with Crippen molar-refractivity contribution in [3.8, 4) is 0 Å². The summed E-state index contributed by atoms with van der Waals surface area (Å²) in [7, 11) is 4.09. The Morgan fingerprint density at radius 2 is 1.87 bits per heavy atom. The molecule has 2 radical (unpaired) electrons. The van der Waals surface area contributed by atoms with E-state index in [9.17, 15) is 0 Å². The van der Waals surface area contributed by atoms with Gasteiger partial charge in [-0.2, -0.15) is 0 Å². The Kier molecular flexibility index (Phi) is 6.43. The first-order valence-electron chi connectivity index (χ1n) is 5.38. The Balaban J connectivity index is 2.18. The number of rotatable bonds is 6. The lowest BCUT2D eigenvalue weighted by atomic mass is 10.3. The first kappa shape index (κ1) is 13.1. The van der Waals surface area contributed by atoms with Crippen LogP contribution in [0.5, 0.6) is 0 Å². The van der Waals surface area contributed by atoms with Gasteiger partial charge < -0.3 is 14.2 Å². The normalized spacial score (nSPS) is 20.8. The SMILES string of the molecule is COC(OC)[Si]C(C)CN1CCOCC1. The van der Waals surface area contributed by atoms with Gasteiger partial charge in [-0.15, -0.1) is 0 Å². The molecule has 0 aromatic heterocycles. The molecular formula is C10H21NO3Si. The van der Waals surface area contributed by atoms with Crippen molar-refractivity contribution in [2.24, 2.45) is 0 Å². The molecule has 0 aliphatic carbocycles. The smallest absolute Gasteiger partial charge is 0.136 e. The summed E-state index contributed by atoms with van der Waals surface area (Å²) < 4.78 is 15.7. The molecule has 4 nitrogen and oxygen atoms in total. The summed E-state index contributed by atoms with van der Waals surface area (Å²) in [5.41, 5.74) is 0.619. The van der Waals surface area contributed by atoms with Crippen molar-refractivity contribution in [3.63, 3.8) is 0 Å². The van der Waals surface area contributed by atoms with E-state index >= 15 is 0 Å². The van der Waals surface area contributed by atoms with Crippen LogP contribution >= 0.6 is 0 Å². The molecule has 1 heterocycles.